The Labute approximate surface area is 121 Å². The largest absolute Gasteiger partial charge is 0.496 e. The maximum atomic E-state index is 12.3. The van der Waals surface area contributed by atoms with Gasteiger partial charge in [0.2, 0.25) is 0 Å². The van der Waals surface area contributed by atoms with Gasteiger partial charge in [-0.2, -0.15) is 0 Å². The molecule has 2 rings (SSSR count). The molecule has 1 aromatic rings. The molecule has 1 aromatic carbocycles. The van der Waals surface area contributed by atoms with Gasteiger partial charge >= 0.3 is 0 Å². The second-order valence-corrected chi connectivity index (χ2v) is 6.13. The van der Waals surface area contributed by atoms with Crippen LogP contribution in [0.2, 0.25) is 0 Å². The van der Waals surface area contributed by atoms with Gasteiger partial charge in [-0.05, 0) is 25.8 Å². The maximum Gasteiger partial charge on any atom is 0.139 e. The molecule has 0 amide bonds. The Morgan fingerprint density at radius 1 is 1.30 bits per heavy atom. The minimum atomic E-state index is -0.271. The zero-order valence-corrected chi connectivity index (χ0v) is 12.6. The summed E-state index contributed by atoms with van der Waals surface area (Å²) < 4.78 is 5.33. The summed E-state index contributed by atoms with van der Waals surface area (Å²) >= 11 is 0. The van der Waals surface area contributed by atoms with Gasteiger partial charge in [-0.3, -0.25) is 4.79 Å². The van der Waals surface area contributed by atoms with Crippen LogP contribution < -0.4 is 10.5 Å². The van der Waals surface area contributed by atoms with Crippen molar-refractivity contribution in [3.63, 3.8) is 0 Å². The molecule has 0 saturated heterocycles. The summed E-state index contributed by atoms with van der Waals surface area (Å²) in [6, 6.07) is 5.95. The molecule has 2 N–H and O–H groups in total. The lowest BCUT2D eigenvalue weighted by atomic mass is 9.78. The molecule has 110 valence electrons. The topological polar surface area (TPSA) is 52.3 Å². The van der Waals surface area contributed by atoms with Gasteiger partial charge in [0.15, 0.2) is 0 Å². The van der Waals surface area contributed by atoms with E-state index in [-0.39, 0.29) is 11.3 Å². The predicted octanol–water partition coefficient (Wildman–Crippen LogP) is 3.17. The standard InChI is InChI=1S/C17H25NO2/c1-13-6-7-16(20-2)14(10-13)11-15(19)12-17(18)8-4-3-5-9-17/h6-7,10H,3-5,8-9,11-12,18H2,1-2H3. The molecule has 1 saturated carbocycles. The number of ether oxygens (including phenoxy) is 1. The van der Waals surface area contributed by atoms with E-state index in [2.05, 4.69) is 0 Å². The average molecular weight is 275 g/mol. The third kappa shape index (κ3) is 3.83. The van der Waals surface area contributed by atoms with Gasteiger partial charge in [0, 0.05) is 23.9 Å². The predicted molar refractivity (Wildman–Crippen MR) is 81.1 cm³/mol. The van der Waals surface area contributed by atoms with Crippen LogP contribution in [0.3, 0.4) is 0 Å². The Hall–Kier alpha value is -1.35. The van der Waals surface area contributed by atoms with Crippen LogP contribution in [0.25, 0.3) is 0 Å². The second-order valence-electron chi connectivity index (χ2n) is 6.13. The van der Waals surface area contributed by atoms with Gasteiger partial charge in [0.1, 0.15) is 11.5 Å². The molecular formula is C17H25NO2. The first-order valence-corrected chi connectivity index (χ1v) is 7.46. The lowest BCUT2D eigenvalue weighted by Gasteiger charge is -2.32. The first-order valence-electron chi connectivity index (χ1n) is 7.46. The fourth-order valence-corrected chi connectivity index (χ4v) is 3.15. The van der Waals surface area contributed by atoms with E-state index in [9.17, 15) is 4.79 Å². The van der Waals surface area contributed by atoms with E-state index >= 15 is 0 Å². The van der Waals surface area contributed by atoms with Crippen molar-refractivity contribution < 1.29 is 9.53 Å². The van der Waals surface area contributed by atoms with E-state index < -0.39 is 0 Å². The number of carbonyl (C=O) groups is 1. The van der Waals surface area contributed by atoms with Crippen LogP contribution in [0.5, 0.6) is 5.75 Å². The van der Waals surface area contributed by atoms with Crippen LogP contribution in [0.4, 0.5) is 0 Å². The quantitative estimate of drug-likeness (QED) is 0.898. The first kappa shape index (κ1) is 15.0. The normalized spacial score (nSPS) is 17.8. The number of carbonyl (C=O) groups excluding carboxylic acids is 1. The summed E-state index contributed by atoms with van der Waals surface area (Å²) in [5.41, 5.74) is 8.21. The van der Waals surface area contributed by atoms with E-state index in [1.165, 1.54) is 6.42 Å². The van der Waals surface area contributed by atoms with Gasteiger partial charge in [-0.15, -0.1) is 0 Å². The van der Waals surface area contributed by atoms with Gasteiger partial charge in [-0.1, -0.05) is 37.0 Å². The smallest absolute Gasteiger partial charge is 0.139 e. The van der Waals surface area contributed by atoms with Crippen molar-refractivity contribution >= 4 is 5.78 Å². The van der Waals surface area contributed by atoms with Gasteiger partial charge in [0.05, 0.1) is 7.11 Å². The van der Waals surface area contributed by atoms with Crippen molar-refractivity contribution in [2.45, 2.75) is 57.4 Å². The Balaban J connectivity index is 2.02. The molecule has 0 radical (unpaired) electrons. The molecule has 0 atom stereocenters. The molecule has 1 fully saturated rings. The minimum Gasteiger partial charge on any atom is -0.496 e. The molecule has 3 heteroatoms. The second kappa shape index (κ2) is 6.40. The fraction of sp³-hybridized carbons (Fsp3) is 0.588. The number of ketones is 1. The number of Topliss-reactive ketones (excluding diaryl/α,β-unsaturated/α-hetero) is 1. The van der Waals surface area contributed by atoms with Crippen molar-refractivity contribution in [2.24, 2.45) is 5.73 Å². The highest BCUT2D eigenvalue weighted by atomic mass is 16.5. The van der Waals surface area contributed by atoms with Crippen LogP contribution in [0, 0.1) is 6.92 Å². The van der Waals surface area contributed by atoms with Crippen molar-refractivity contribution in [3.05, 3.63) is 29.3 Å². The SMILES string of the molecule is COc1ccc(C)cc1CC(=O)CC1(N)CCCCC1. The molecule has 0 unspecified atom stereocenters. The fourth-order valence-electron chi connectivity index (χ4n) is 3.15. The summed E-state index contributed by atoms with van der Waals surface area (Å²) in [7, 11) is 1.64. The highest BCUT2D eigenvalue weighted by molar-refractivity contribution is 5.82. The lowest BCUT2D eigenvalue weighted by molar-refractivity contribution is -0.119. The summed E-state index contributed by atoms with van der Waals surface area (Å²) in [6.45, 7) is 2.03. The Morgan fingerprint density at radius 2 is 2.00 bits per heavy atom. The van der Waals surface area contributed by atoms with Crippen molar-refractivity contribution in [1.29, 1.82) is 0 Å². The molecule has 1 aliphatic rings. The number of methoxy groups -OCH3 is 1. The molecular weight excluding hydrogens is 250 g/mol. The van der Waals surface area contributed by atoms with E-state index in [1.807, 2.05) is 25.1 Å². The molecule has 1 aliphatic carbocycles. The summed E-state index contributed by atoms with van der Waals surface area (Å²) in [6.07, 6.45) is 6.41. The molecule has 0 aromatic heterocycles. The number of rotatable bonds is 5. The number of benzene rings is 1. The Kier molecular flexibility index (Phi) is 4.81. The minimum absolute atomic E-state index is 0.221. The average Bonchev–Trinajstić information content (AvgIpc) is 2.39. The highest BCUT2D eigenvalue weighted by Crippen LogP contribution is 2.30. The van der Waals surface area contributed by atoms with E-state index in [0.717, 1.165) is 42.6 Å². The third-order valence-corrected chi connectivity index (χ3v) is 4.22. The van der Waals surface area contributed by atoms with Crippen LogP contribution in [-0.4, -0.2) is 18.4 Å². The molecule has 3 nitrogen and oxygen atoms in total. The Morgan fingerprint density at radius 3 is 2.65 bits per heavy atom. The van der Waals surface area contributed by atoms with Crippen molar-refractivity contribution in [3.8, 4) is 5.75 Å². The first-order chi connectivity index (χ1) is 9.52. The van der Waals surface area contributed by atoms with E-state index in [1.54, 1.807) is 7.11 Å². The summed E-state index contributed by atoms with van der Waals surface area (Å²) in [4.78, 5) is 12.3. The molecule has 0 bridgehead atoms. The monoisotopic (exact) mass is 275 g/mol. The molecule has 0 spiro atoms. The van der Waals surface area contributed by atoms with Crippen LogP contribution in [0.15, 0.2) is 18.2 Å². The molecule has 0 heterocycles. The number of aryl methyl sites for hydroxylation is 1. The number of nitrogens with two attached hydrogens (primary N) is 1. The van der Waals surface area contributed by atoms with Gasteiger partial charge in [0.25, 0.3) is 0 Å². The van der Waals surface area contributed by atoms with Crippen molar-refractivity contribution in [1.82, 2.24) is 0 Å². The van der Waals surface area contributed by atoms with E-state index in [4.69, 9.17) is 10.5 Å². The maximum absolute atomic E-state index is 12.3. The highest BCUT2D eigenvalue weighted by Gasteiger charge is 2.30. The number of hydrogen-bond donors (Lipinski definition) is 1. The third-order valence-electron chi connectivity index (χ3n) is 4.22. The summed E-state index contributed by atoms with van der Waals surface area (Å²) in [5.74, 6) is 1.01. The zero-order valence-electron chi connectivity index (χ0n) is 12.6. The molecule has 0 aliphatic heterocycles. The van der Waals surface area contributed by atoms with Crippen LogP contribution >= 0.6 is 0 Å². The van der Waals surface area contributed by atoms with Crippen molar-refractivity contribution in [2.75, 3.05) is 7.11 Å². The zero-order chi connectivity index (χ0) is 14.6. The lowest BCUT2D eigenvalue weighted by Crippen LogP contribution is -2.43. The Bertz CT molecular complexity index is 476. The van der Waals surface area contributed by atoms with E-state index in [0.29, 0.717) is 12.8 Å². The van der Waals surface area contributed by atoms with Gasteiger partial charge in [-0.25, -0.2) is 0 Å². The van der Waals surface area contributed by atoms with Crippen LogP contribution in [-0.2, 0) is 11.2 Å². The van der Waals surface area contributed by atoms with Gasteiger partial charge < -0.3 is 10.5 Å². The number of hydrogen-bond acceptors (Lipinski definition) is 3. The van der Waals surface area contributed by atoms with Crippen LogP contribution in [0.1, 0.15) is 49.7 Å². The molecule has 20 heavy (non-hydrogen) atoms. The summed E-state index contributed by atoms with van der Waals surface area (Å²) in [5, 5.41) is 0.